The molecule has 5 aliphatic rings. The number of piperidine rings is 1. The number of fused-ring (bicyclic) bond motifs is 5. The number of methoxy groups -OCH3 is 3. The Morgan fingerprint density at radius 2 is 1.68 bits per heavy atom. The van der Waals surface area contributed by atoms with E-state index < -0.39 is 77.9 Å². The van der Waals surface area contributed by atoms with Crippen LogP contribution in [0.3, 0.4) is 0 Å². The predicted octanol–water partition coefficient (Wildman–Crippen LogP) is 4.81. The second-order valence-corrected chi connectivity index (χ2v) is 17.5. The molecule has 1 amide bonds. The maximum absolute atomic E-state index is 14.4. The minimum Gasteiger partial charge on any atom is -0.456 e. The van der Waals surface area contributed by atoms with E-state index in [9.17, 15) is 29.8 Å². The number of carbonyl (C=O) groups is 3. The van der Waals surface area contributed by atoms with Gasteiger partial charge in [0, 0.05) is 44.6 Å². The van der Waals surface area contributed by atoms with Crippen LogP contribution in [-0.4, -0.2) is 126 Å². The Morgan fingerprint density at radius 3 is 2.35 bits per heavy atom. The molecule has 5 rings (SSSR count). The van der Waals surface area contributed by atoms with Crippen molar-refractivity contribution in [2.75, 3.05) is 27.9 Å². The number of esters is 1. The van der Waals surface area contributed by atoms with Gasteiger partial charge in [0.25, 0.3) is 11.7 Å². The SMILES string of the molecule is CC[C@@H]1/C=C(\C)C[C@H](C)C[C@H](OC)[C@H]2O[C@@](O)(C(=O)C(=O)N3CCCC[C@H]3C(=O)O[C@H](/C(C)=C/[C@@H]3CC[C@@H](O)[C@H](OC)C3)[C@H](C)[C@@H]3CC1=[N+]([O-])O3)[C@H](C)C[C@@H]2OC. The van der Waals surface area contributed by atoms with Crippen molar-refractivity contribution in [2.45, 2.75) is 167 Å². The quantitative estimate of drug-likeness (QED) is 0.163. The number of rotatable bonds is 6. The van der Waals surface area contributed by atoms with Gasteiger partial charge in [-0.2, -0.15) is 0 Å². The standard InChI is InChI=1S/C43H68N2O12/c1-10-30-18-24(2)17-25(3)19-36(53-8)39-37(54-9)21-27(5)43(50,56-39)40(47)41(48)44-16-12-11-13-31(44)42(49)55-38(28(6)34-23-32(30)45(51)57-34)26(4)20-29-14-15-33(46)35(22-29)52-7/h18,20,25,27-31,33-39,46,50H,10-17,19,21-23H2,1-9H3/b24-18+,26-20+/t25-,27+,28+,29-,30+,31-,33+,34-,35+,36-,37-,38+,39+,43+/m0/s1. The van der Waals surface area contributed by atoms with E-state index >= 15 is 0 Å². The third-order valence-electron chi connectivity index (χ3n) is 13.4. The highest BCUT2D eigenvalue weighted by Crippen LogP contribution is 2.40. The normalized spacial score (nSPS) is 41.7. The molecule has 1 aliphatic carbocycles. The van der Waals surface area contributed by atoms with Crippen LogP contribution in [0.2, 0.25) is 0 Å². The topological polar surface area (TPSA) is 176 Å². The Balaban J connectivity index is 1.55. The van der Waals surface area contributed by atoms with Crippen molar-refractivity contribution >= 4 is 23.4 Å². The zero-order valence-electron chi connectivity index (χ0n) is 35.5. The molecule has 4 aliphatic heterocycles. The number of Topliss-reactive ketones (excluding diaryl/α,β-unsaturated/α-hetero) is 1. The van der Waals surface area contributed by atoms with Crippen molar-refractivity contribution in [3.63, 3.8) is 0 Å². The van der Waals surface area contributed by atoms with Crippen LogP contribution in [-0.2, 0) is 42.9 Å². The molecule has 2 saturated heterocycles. The molecule has 0 aromatic rings. The number of nitrogens with zero attached hydrogens (tertiary/aromatic N) is 2. The number of carbonyl (C=O) groups excluding carboxylic acids is 3. The van der Waals surface area contributed by atoms with Crippen LogP contribution in [0, 0.1) is 34.8 Å². The number of cyclic esters (lactones) is 1. The molecule has 0 aromatic heterocycles. The van der Waals surface area contributed by atoms with Crippen molar-refractivity contribution in [1.29, 1.82) is 0 Å². The van der Waals surface area contributed by atoms with Crippen LogP contribution in [0.4, 0.5) is 0 Å². The largest absolute Gasteiger partial charge is 0.456 e. The van der Waals surface area contributed by atoms with Crippen LogP contribution in [0.1, 0.15) is 112 Å². The van der Waals surface area contributed by atoms with E-state index in [2.05, 4.69) is 19.1 Å². The lowest BCUT2D eigenvalue weighted by molar-refractivity contribution is -0.743. The summed E-state index contributed by atoms with van der Waals surface area (Å²) in [6, 6.07) is -1.09. The summed E-state index contributed by atoms with van der Waals surface area (Å²) in [6.07, 6.45) is 5.63. The van der Waals surface area contributed by atoms with Crippen LogP contribution >= 0.6 is 0 Å². The van der Waals surface area contributed by atoms with Crippen molar-refractivity contribution in [1.82, 2.24) is 4.90 Å². The fourth-order valence-corrected chi connectivity index (χ4v) is 9.93. The molecule has 4 bridgehead atoms. The van der Waals surface area contributed by atoms with Gasteiger partial charge in [0.1, 0.15) is 18.2 Å². The molecular formula is C43H68N2O12. The van der Waals surface area contributed by atoms with E-state index in [1.807, 2.05) is 27.7 Å². The molecular weight excluding hydrogens is 736 g/mol. The Kier molecular flexibility index (Phi) is 15.4. The fraction of sp³-hybridized carbons (Fsp3) is 0.814. The molecule has 4 heterocycles. The third-order valence-corrected chi connectivity index (χ3v) is 13.4. The Bertz CT molecular complexity index is 1530. The number of amides is 1. The molecule has 0 unspecified atom stereocenters. The number of aliphatic hydroxyl groups excluding tert-OH is 1. The molecule has 1 saturated carbocycles. The van der Waals surface area contributed by atoms with E-state index in [0.29, 0.717) is 62.0 Å². The second kappa shape index (κ2) is 19.5. The average Bonchev–Trinajstić information content (AvgIpc) is 3.59. The first-order valence-corrected chi connectivity index (χ1v) is 21.1. The smallest absolute Gasteiger partial charge is 0.329 e. The van der Waals surface area contributed by atoms with E-state index in [1.54, 1.807) is 28.3 Å². The van der Waals surface area contributed by atoms with Crippen LogP contribution < -0.4 is 0 Å². The number of ketones is 1. The molecule has 0 spiro atoms. The molecule has 322 valence electrons. The maximum atomic E-state index is 14.4. The van der Waals surface area contributed by atoms with Gasteiger partial charge in [-0.3, -0.25) is 14.8 Å². The summed E-state index contributed by atoms with van der Waals surface area (Å²) in [7, 11) is 4.68. The lowest BCUT2D eigenvalue weighted by Crippen LogP contribution is -2.64. The van der Waals surface area contributed by atoms with Gasteiger partial charge >= 0.3 is 5.97 Å². The Hall–Kier alpha value is -2.88. The third kappa shape index (κ3) is 9.95. The molecule has 3 fully saturated rings. The van der Waals surface area contributed by atoms with Crippen LogP contribution in [0.15, 0.2) is 23.3 Å². The van der Waals surface area contributed by atoms with Crippen molar-refractivity contribution in [3.05, 3.63) is 28.5 Å². The van der Waals surface area contributed by atoms with Crippen molar-refractivity contribution in [3.8, 4) is 0 Å². The number of allylic oxidation sites excluding steroid dienone is 3. The monoisotopic (exact) mass is 804 g/mol. The summed E-state index contributed by atoms with van der Waals surface area (Å²) in [6.45, 7) is 11.7. The van der Waals surface area contributed by atoms with Gasteiger partial charge in [-0.15, -0.1) is 0 Å². The lowest BCUT2D eigenvalue weighted by atomic mass is 9.81. The van der Waals surface area contributed by atoms with Gasteiger partial charge in [-0.25, -0.2) is 4.79 Å². The second-order valence-electron chi connectivity index (χ2n) is 17.5. The van der Waals surface area contributed by atoms with Gasteiger partial charge in [-0.1, -0.05) is 45.4 Å². The van der Waals surface area contributed by atoms with E-state index in [4.69, 9.17) is 28.5 Å². The first-order valence-electron chi connectivity index (χ1n) is 21.1. The first-order chi connectivity index (χ1) is 27.1. The lowest BCUT2D eigenvalue weighted by Gasteiger charge is -2.47. The summed E-state index contributed by atoms with van der Waals surface area (Å²) in [5.41, 5.74) is 2.44. The highest BCUT2D eigenvalue weighted by atomic mass is 16.9. The summed E-state index contributed by atoms with van der Waals surface area (Å²) < 4.78 is 30.0. The number of hydrogen-bond acceptors (Lipinski definition) is 12. The summed E-state index contributed by atoms with van der Waals surface area (Å²) in [5, 5.41) is 36.0. The maximum Gasteiger partial charge on any atom is 0.329 e. The first kappa shape index (κ1) is 45.2. The van der Waals surface area contributed by atoms with Gasteiger partial charge in [0.05, 0.1) is 42.9 Å². The molecule has 57 heavy (non-hydrogen) atoms. The summed E-state index contributed by atoms with van der Waals surface area (Å²) in [5.74, 6) is -6.66. The van der Waals surface area contributed by atoms with E-state index in [-0.39, 0.29) is 43.2 Å². The van der Waals surface area contributed by atoms with Gasteiger partial charge in [0.15, 0.2) is 0 Å². The number of ether oxygens (including phenoxy) is 5. The van der Waals surface area contributed by atoms with Gasteiger partial charge in [0.2, 0.25) is 11.5 Å². The Labute approximate surface area is 338 Å². The van der Waals surface area contributed by atoms with E-state index in [1.165, 1.54) is 4.90 Å². The molecule has 0 radical (unpaired) electrons. The zero-order valence-corrected chi connectivity index (χ0v) is 35.5. The van der Waals surface area contributed by atoms with Crippen molar-refractivity contribution in [2.24, 2.45) is 29.6 Å². The van der Waals surface area contributed by atoms with Crippen LogP contribution in [0.25, 0.3) is 0 Å². The number of hydrogen-bond donors (Lipinski definition) is 2. The minimum absolute atomic E-state index is 0.0415. The molecule has 14 atom stereocenters. The van der Waals surface area contributed by atoms with Crippen molar-refractivity contribution < 1.29 is 58.0 Å². The molecule has 14 heteroatoms. The highest BCUT2D eigenvalue weighted by molar-refractivity contribution is 6.39. The average molecular weight is 805 g/mol. The van der Waals surface area contributed by atoms with Gasteiger partial charge < -0.3 is 43.6 Å². The zero-order chi connectivity index (χ0) is 41.8. The summed E-state index contributed by atoms with van der Waals surface area (Å²) >= 11 is 0. The predicted molar refractivity (Wildman–Crippen MR) is 211 cm³/mol. The molecule has 0 aromatic carbocycles. The highest BCUT2D eigenvalue weighted by Gasteiger charge is 2.56. The summed E-state index contributed by atoms with van der Waals surface area (Å²) in [4.78, 5) is 50.8. The van der Waals surface area contributed by atoms with Crippen LogP contribution in [0.5, 0.6) is 0 Å². The van der Waals surface area contributed by atoms with E-state index in [0.717, 1.165) is 17.6 Å². The molecule has 14 nitrogen and oxygen atoms in total. The molecule has 2 N–H and O–H groups in total. The number of aliphatic hydroxyl groups is 2. The van der Waals surface area contributed by atoms with Gasteiger partial charge in [-0.05, 0) is 95.5 Å². The minimum atomic E-state index is -2.48. The Morgan fingerprint density at radius 1 is 1.00 bits per heavy atom. The fourth-order valence-electron chi connectivity index (χ4n) is 9.93.